The Morgan fingerprint density at radius 1 is 1.20 bits per heavy atom. The Labute approximate surface area is 123 Å². The summed E-state index contributed by atoms with van der Waals surface area (Å²) < 4.78 is 2.31. The topological polar surface area (TPSA) is 30.7 Å². The van der Waals surface area contributed by atoms with Crippen molar-refractivity contribution in [3.05, 3.63) is 36.3 Å². The SMILES string of the molecule is CC(C)Cn1c(CCCl)nc2cnc3ccccc3c21. The molecule has 0 fully saturated rings. The molecule has 0 atom stereocenters. The van der Waals surface area contributed by atoms with Gasteiger partial charge in [-0.3, -0.25) is 4.98 Å². The van der Waals surface area contributed by atoms with Gasteiger partial charge in [-0.25, -0.2) is 4.98 Å². The van der Waals surface area contributed by atoms with Gasteiger partial charge in [0.2, 0.25) is 0 Å². The predicted molar refractivity (Wildman–Crippen MR) is 84.3 cm³/mol. The van der Waals surface area contributed by atoms with E-state index in [0.717, 1.165) is 29.8 Å². The van der Waals surface area contributed by atoms with E-state index in [4.69, 9.17) is 16.6 Å². The molecule has 2 heterocycles. The number of aromatic nitrogens is 3. The largest absolute Gasteiger partial charge is 0.327 e. The molecule has 0 spiro atoms. The van der Waals surface area contributed by atoms with Crippen molar-refractivity contribution >= 4 is 33.5 Å². The molecule has 0 amide bonds. The molecule has 0 saturated carbocycles. The van der Waals surface area contributed by atoms with Gasteiger partial charge in [0.15, 0.2) is 0 Å². The molecule has 1 aromatic carbocycles. The summed E-state index contributed by atoms with van der Waals surface area (Å²) in [4.78, 5) is 9.22. The molecule has 0 radical (unpaired) electrons. The first-order valence-corrected chi connectivity index (χ1v) is 7.53. The van der Waals surface area contributed by atoms with E-state index in [1.165, 1.54) is 10.9 Å². The van der Waals surface area contributed by atoms with Crippen LogP contribution in [0.4, 0.5) is 0 Å². The Bertz CT molecular complexity index is 746. The molecule has 0 unspecified atom stereocenters. The molecule has 0 bridgehead atoms. The van der Waals surface area contributed by atoms with Gasteiger partial charge in [0, 0.05) is 24.2 Å². The second-order valence-corrected chi connectivity index (χ2v) is 5.86. The van der Waals surface area contributed by atoms with Gasteiger partial charge in [-0.2, -0.15) is 0 Å². The first-order chi connectivity index (χ1) is 9.70. The number of nitrogens with zero attached hydrogens (tertiary/aromatic N) is 3. The van der Waals surface area contributed by atoms with Gasteiger partial charge < -0.3 is 4.57 Å². The van der Waals surface area contributed by atoms with Crippen LogP contribution in [0.1, 0.15) is 19.7 Å². The highest BCUT2D eigenvalue weighted by Gasteiger charge is 2.14. The molecule has 3 rings (SSSR count). The van der Waals surface area contributed by atoms with Crippen LogP contribution in [0.15, 0.2) is 30.5 Å². The Morgan fingerprint density at radius 3 is 2.75 bits per heavy atom. The van der Waals surface area contributed by atoms with Crippen LogP contribution in [0.5, 0.6) is 0 Å². The van der Waals surface area contributed by atoms with Crippen molar-refractivity contribution < 1.29 is 0 Å². The number of aryl methyl sites for hydroxylation is 1. The van der Waals surface area contributed by atoms with Crippen molar-refractivity contribution in [3.63, 3.8) is 0 Å². The van der Waals surface area contributed by atoms with Gasteiger partial charge in [0.05, 0.1) is 17.2 Å². The fourth-order valence-electron chi connectivity index (χ4n) is 2.65. The molecule has 0 aliphatic carbocycles. The molecule has 4 heteroatoms. The summed E-state index contributed by atoms with van der Waals surface area (Å²) in [6.07, 6.45) is 2.66. The Hall–Kier alpha value is -1.61. The van der Waals surface area contributed by atoms with E-state index < -0.39 is 0 Å². The van der Waals surface area contributed by atoms with E-state index in [1.807, 2.05) is 18.3 Å². The van der Waals surface area contributed by atoms with E-state index in [9.17, 15) is 0 Å². The first-order valence-electron chi connectivity index (χ1n) is 6.99. The maximum Gasteiger partial charge on any atom is 0.111 e. The number of benzene rings is 1. The molecule has 104 valence electrons. The maximum absolute atomic E-state index is 5.92. The first kappa shape index (κ1) is 13.4. The summed E-state index contributed by atoms with van der Waals surface area (Å²) in [7, 11) is 0. The van der Waals surface area contributed by atoms with Crippen LogP contribution in [0.2, 0.25) is 0 Å². The summed E-state index contributed by atoms with van der Waals surface area (Å²) in [6.45, 7) is 5.40. The third-order valence-electron chi connectivity index (χ3n) is 3.42. The van der Waals surface area contributed by atoms with Crippen LogP contribution in [-0.2, 0) is 13.0 Å². The fourth-order valence-corrected chi connectivity index (χ4v) is 2.82. The number of para-hydroxylation sites is 1. The zero-order valence-corrected chi connectivity index (χ0v) is 12.6. The van der Waals surface area contributed by atoms with Crippen molar-refractivity contribution in [1.82, 2.24) is 14.5 Å². The number of pyridine rings is 1. The average Bonchev–Trinajstić information content (AvgIpc) is 2.77. The summed E-state index contributed by atoms with van der Waals surface area (Å²) in [5.41, 5.74) is 3.16. The molecular formula is C16H18ClN3. The molecule has 2 aromatic heterocycles. The number of hydrogen-bond donors (Lipinski definition) is 0. The Kier molecular flexibility index (Phi) is 3.62. The Balaban J connectivity index is 2.33. The van der Waals surface area contributed by atoms with E-state index in [1.54, 1.807) is 0 Å². The van der Waals surface area contributed by atoms with Gasteiger partial charge in [-0.05, 0) is 12.0 Å². The van der Waals surface area contributed by atoms with Crippen LogP contribution < -0.4 is 0 Å². The van der Waals surface area contributed by atoms with Crippen molar-refractivity contribution in [1.29, 1.82) is 0 Å². The molecule has 0 aliphatic heterocycles. The molecule has 0 saturated heterocycles. The monoisotopic (exact) mass is 287 g/mol. The summed E-state index contributed by atoms with van der Waals surface area (Å²) >= 11 is 5.92. The normalized spacial score (nSPS) is 11.8. The average molecular weight is 288 g/mol. The lowest BCUT2D eigenvalue weighted by Gasteiger charge is -2.12. The van der Waals surface area contributed by atoms with E-state index in [-0.39, 0.29) is 0 Å². The lowest BCUT2D eigenvalue weighted by atomic mass is 10.1. The van der Waals surface area contributed by atoms with Gasteiger partial charge in [-0.1, -0.05) is 32.0 Å². The van der Waals surface area contributed by atoms with Gasteiger partial charge in [0.25, 0.3) is 0 Å². The van der Waals surface area contributed by atoms with Gasteiger partial charge in [0.1, 0.15) is 11.3 Å². The third kappa shape index (κ3) is 2.27. The quantitative estimate of drug-likeness (QED) is 0.679. The van der Waals surface area contributed by atoms with Crippen LogP contribution in [0.3, 0.4) is 0 Å². The zero-order chi connectivity index (χ0) is 14.1. The minimum absolute atomic E-state index is 0.563. The lowest BCUT2D eigenvalue weighted by molar-refractivity contribution is 0.519. The van der Waals surface area contributed by atoms with Crippen molar-refractivity contribution in [2.45, 2.75) is 26.8 Å². The predicted octanol–water partition coefficient (Wildman–Crippen LogP) is 4.02. The molecule has 20 heavy (non-hydrogen) atoms. The number of fused-ring (bicyclic) bond motifs is 3. The standard InChI is InChI=1S/C16H18ClN3/c1-11(2)10-20-15(7-8-17)19-14-9-18-13-6-4-3-5-12(13)16(14)20/h3-6,9,11H,7-8,10H2,1-2H3. The summed E-state index contributed by atoms with van der Waals surface area (Å²) in [5.74, 6) is 2.21. The van der Waals surface area contributed by atoms with E-state index in [0.29, 0.717) is 11.8 Å². The highest BCUT2D eigenvalue weighted by atomic mass is 35.5. The smallest absolute Gasteiger partial charge is 0.111 e. The fraction of sp³-hybridized carbons (Fsp3) is 0.375. The number of halogens is 1. The third-order valence-corrected chi connectivity index (χ3v) is 3.61. The molecule has 3 aromatic rings. The minimum atomic E-state index is 0.563. The molecular weight excluding hydrogens is 270 g/mol. The van der Waals surface area contributed by atoms with Crippen molar-refractivity contribution in [3.8, 4) is 0 Å². The number of hydrogen-bond acceptors (Lipinski definition) is 2. The molecule has 0 aliphatic rings. The molecule has 3 nitrogen and oxygen atoms in total. The highest BCUT2D eigenvalue weighted by Crippen LogP contribution is 2.25. The highest BCUT2D eigenvalue weighted by molar-refractivity contribution is 6.18. The molecule has 0 N–H and O–H groups in total. The zero-order valence-electron chi connectivity index (χ0n) is 11.8. The van der Waals surface area contributed by atoms with Crippen molar-refractivity contribution in [2.75, 3.05) is 5.88 Å². The van der Waals surface area contributed by atoms with E-state index >= 15 is 0 Å². The minimum Gasteiger partial charge on any atom is -0.327 e. The number of alkyl halides is 1. The summed E-state index contributed by atoms with van der Waals surface area (Å²) in [5, 5.41) is 1.17. The second kappa shape index (κ2) is 5.41. The summed E-state index contributed by atoms with van der Waals surface area (Å²) in [6, 6.07) is 8.23. The van der Waals surface area contributed by atoms with Crippen molar-refractivity contribution in [2.24, 2.45) is 5.92 Å². The van der Waals surface area contributed by atoms with E-state index in [2.05, 4.69) is 35.5 Å². The van der Waals surface area contributed by atoms with Gasteiger partial charge >= 0.3 is 0 Å². The lowest BCUT2D eigenvalue weighted by Crippen LogP contribution is -2.09. The number of rotatable bonds is 4. The van der Waals surface area contributed by atoms with Crippen LogP contribution in [-0.4, -0.2) is 20.4 Å². The van der Waals surface area contributed by atoms with Crippen LogP contribution in [0, 0.1) is 5.92 Å². The van der Waals surface area contributed by atoms with Crippen LogP contribution >= 0.6 is 11.6 Å². The number of imidazole rings is 1. The second-order valence-electron chi connectivity index (χ2n) is 5.48. The Morgan fingerprint density at radius 2 is 2.00 bits per heavy atom. The van der Waals surface area contributed by atoms with Crippen LogP contribution in [0.25, 0.3) is 21.9 Å². The van der Waals surface area contributed by atoms with Gasteiger partial charge in [-0.15, -0.1) is 11.6 Å². The maximum atomic E-state index is 5.92.